The Morgan fingerprint density at radius 2 is 1.75 bits per heavy atom. The summed E-state index contributed by atoms with van der Waals surface area (Å²) in [4.78, 5) is 7.06. The van der Waals surface area contributed by atoms with Crippen molar-refractivity contribution in [3.05, 3.63) is 59.7 Å². The summed E-state index contributed by atoms with van der Waals surface area (Å²) in [5.74, 6) is 0.740. The molecule has 3 nitrogen and oxygen atoms in total. The fourth-order valence-corrected chi connectivity index (χ4v) is 3.27. The molecule has 2 heterocycles. The van der Waals surface area contributed by atoms with E-state index < -0.39 is 0 Å². The van der Waals surface area contributed by atoms with Crippen molar-refractivity contribution in [3.8, 4) is 0 Å². The predicted octanol–water partition coefficient (Wildman–Crippen LogP) is 3.01. The number of nitrogens with two attached hydrogens (primary N) is 1. The predicted molar refractivity (Wildman–Crippen MR) is 82.5 cm³/mol. The summed E-state index contributed by atoms with van der Waals surface area (Å²) in [6.45, 7) is 0.877. The minimum absolute atomic E-state index is 0.220. The largest absolute Gasteiger partial charge is 0.385 e. The van der Waals surface area contributed by atoms with Crippen LogP contribution in [0.25, 0.3) is 0 Å². The molecular weight excluding hydrogens is 246 g/mol. The first-order valence-corrected chi connectivity index (χ1v) is 7.09. The third-order valence-corrected chi connectivity index (χ3v) is 4.29. The van der Waals surface area contributed by atoms with Crippen LogP contribution in [0.5, 0.6) is 0 Å². The Morgan fingerprint density at radius 1 is 1.00 bits per heavy atom. The number of para-hydroxylation sites is 2. The van der Waals surface area contributed by atoms with E-state index in [4.69, 9.17) is 5.73 Å². The summed E-state index contributed by atoms with van der Waals surface area (Å²) in [6, 6.07) is 17.1. The summed E-state index contributed by atoms with van der Waals surface area (Å²) in [5.41, 5.74) is 11.2. The second kappa shape index (κ2) is 4.37. The summed E-state index contributed by atoms with van der Waals surface area (Å²) < 4.78 is 0. The van der Waals surface area contributed by atoms with Crippen LogP contribution in [-0.2, 0) is 13.0 Å². The Labute approximate surface area is 118 Å². The number of hydrogen-bond donors (Lipinski definition) is 1. The molecule has 1 atom stereocenters. The first kappa shape index (κ1) is 11.5. The molecule has 0 saturated heterocycles. The molecule has 0 aromatic heterocycles. The van der Waals surface area contributed by atoms with Gasteiger partial charge in [-0.05, 0) is 36.1 Å². The first-order valence-electron chi connectivity index (χ1n) is 7.09. The summed E-state index contributed by atoms with van der Waals surface area (Å²) in [5, 5.41) is 0. The van der Waals surface area contributed by atoms with Crippen LogP contribution in [0, 0.1) is 0 Å². The molecule has 4 rings (SSSR count). The quantitative estimate of drug-likeness (QED) is 0.794. The standard InChI is InChI=1S/C17H17N3/c18-17-16-10-9-12-5-2-4-8-15(12)20(16)11-13-6-1-3-7-14(13)19-17/h1-8,16H,9-11H2,(H2,18,19). The van der Waals surface area contributed by atoms with Crippen LogP contribution < -0.4 is 10.6 Å². The van der Waals surface area contributed by atoms with Gasteiger partial charge in [-0.25, -0.2) is 4.99 Å². The van der Waals surface area contributed by atoms with Gasteiger partial charge in [-0.3, -0.25) is 0 Å². The van der Waals surface area contributed by atoms with Crippen molar-refractivity contribution < 1.29 is 0 Å². The van der Waals surface area contributed by atoms with Gasteiger partial charge in [0.05, 0.1) is 11.7 Å². The number of aryl methyl sites for hydroxylation is 1. The number of hydrogen-bond acceptors (Lipinski definition) is 3. The smallest absolute Gasteiger partial charge is 0.122 e. The van der Waals surface area contributed by atoms with Crippen LogP contribution in [0.2, 0.25) is 0 Å². The van der Waals surface area contributed by atoms with E-state index in [0.29, 0.717) is 0 Å². The van der Waals surface area contributed by atoms with Gasteiger partial charge in [-0.2, -0.15) is 0 Å². The van der Waals surface area contributed by atoms with Gasteiger partial charge in [-0.15, -0.1) is 0 Å². The number of fused-ring (bicyclic) bond motifs is 4. The van der Waals surface area contributed by atoms with Crippen LogP contribution in [0.4, 0.5) is 11.4 Å². The van der Waals surface area contributed by atoms with E-state index in [9.17, 15) is 0 Å². The van der Waals surface area contributed by atoms with Crippen LogP contribution in [0.1, 0.15) is 17.5 Å². The molecule has 2 aromatic rings. The molecule has 2 aliphatic rings. The number of anilines is 1. The van der Waals surface area contributed by atoms with Crippen LogP contribution in [-0.4, -0.2) is 11.9 Å². The van der Waals surface area contributed by atoms with Crippen molar-refractivity contribution >= 4 is 17.2 Å². The number of nitrogens with zero attached hydrogens (tertiary/aromatic N) is 2. The molecule has 3 heteroatoms. The van der Waals surface area contributed by atoms with Gasteiger partial charge in [0.15, 0.2) is 0 Å². The van der Waals surface area contributed by atoms with E-state index in [1.807, 2.05) is 12.1 Å². The Kier molecular flexibility index (Phi) is 2.52. The lowest BCUT2D eigenvalue weighted by Gasteiger charge is -2.37. The van der Waals surface area contributed by atoms with E-state index in [1.54, 1.807) is 0 Å². The monoisotopic (exact) mass is 263 g/mol. The fourth-order valence-electron chi connectivity index (χ4n) is 3.27. The summed E-state index contributed by atoms with van der Waals surface area (Å²) >= 11 is 0. The molecular formula is C17H17N3. The molecule has 2 aromatic carbocycles. The van der Waals surface area contributed by atoms with Crippen molar-refractivity contribution in [2.45, 2.75) is 25.4 Å². The van der Waals surface area contributed by atoms with Crippen molar-refractivity contribution in [2.24, 2.45) is 10.7 Å². The molecule has 0 radical (unpaired) electrons. The highest BCUT2D eigenvalue weighted by atomic mass is 15.2. The molecule has 20 heavy (non-hydrogen) atoms. The number of amidine groups is 1. The molecule has 2 aliphatic heterocycles. The lowest BCUT2D eigenvalue weighted by molar-refractivity contribution is 0.626. The minimum atomic E-state index is 0.220. The third-order valence-electron chi connectivity index (χ3n) is 4.29. The van der Waals surface area contributed by atoms with E-state index in [0.717, 1.165) is 30.9 Å². The molecule has 0 aliphatic carbocycles. The van der Waals surface area contributed by atoms with Gasteiger partial charge in [-0.1, -0.05) is 36.4 Å². The zero-order valence-corrected chi connectivity index (χ0v) is 11.3. The fraction of sp³-hybridized carbons (Fsp3) is 0.235. The molecule has 0 amide bonds. The second-order valence-electron chi connectivity index (χ2n) is 5.48. The number of rotatable bonds is 0. The Balaban J connectivity index is 1.87. The molecule has 0 spiro atoms. The highest BCUT2D eigenvalue weighted by Crippen LogP contribution is 2.35. The van der Waals surface area contributed by atoms with E-state index >= 15 is 0 Å². The van der Waals surface area contributed by atoms with Crippen LogP contribution >= 0.6 is 0 Å². The normalized spacial score (nSPS) is 20.3. The molecule has 0 bridgehead atoms. The van der Waals surface area contributed by atoms with E-state index in [1.165, 1.54) is 16.8 Å². The van der Waals surface area contributed by atoms with Crippen molar-refractivity contribution in [2.75, 3.05) is 4.90 Å². The van der Waals surface area contributed by atoms with Gasteiger partial charge < -0.3 is 10.6 Å². The minimum Gasteiger partial charge on any atom is -0.385 e. The van der Waals surface area contributed by atoms with Gasteiger partial charge >= 0.3 is 0 Å². The molecule has 0 saturated carbocycles. The Bertz CT molecular complexity index is 690. The number of benzene rings is 2. The second-order valence-corrected chi connectivity index (χ2v) is 5.48. The SMILES string of the molecule is NC1=Nc2ccccc2CN2c3ccccc3CCC12. The lowest BCUT2D eigenvalue weighted by Crippen LogP contribution is -2.46. The number of aliphatic imine (C=N–C) groups is 1. The van der Waals surface area contributed by atoms with Crippen LogP contribution in [0.15, 0.2) is 53.5 Å². The highest BCUT2D eigenvalue weighted by Gasteiger charge is 2.31. The average Bonchev–Trinajstić information content (AvgIpc) is 2.63. The van der Waals surface area contributed by atoms with E-state index in [-0.39, 0.29) is 6.04 Å². The zero-order valence-electron chi connectivity index (χ0n) is 11.3. The van der Waals surface area contributed by atoms with E-state index in [2.05, 4.69) is 46.3 Å². The van der Waals surface area contributed by atoms with Gasteiger partial charge in [0.1, 0.15) is 5.84 Å². The maximum absolute atomic E-state index is 6.27. The zero-order chi connectivity index (χ0) is 13.5. The van der Waals surface area contributed by atoms with Crippen molar-refractivity contribution in [1.82, 2.24) is 0 Å². The van der Waals surface area contributed by atoms with Crippen LogP contribution in [0.3, 0.4) is 0 Å². The molecule has 0 fully saturated rings. The molecule has 100 valence electrons. The maximum Gasteiger partial charge on any atom is 0.122 e. The van der Waals surface area contributed by atoms with Crippen molar-refractivity contribution in [3.63, 3.8) is 0 Å². The third kappa shape index (κ3) is 1.70. The molecule has 1 unspecified atom stereocenters. The summed E-state index contributed by atoms with van der Waals surface area (Å²) in [6.07, 6.45) is 2.12. The molecule has 2 N–H and O–H groups in total. The Hall–Kier alpha value is -2.29. The maximum atomic E-state index is 6.27. The van der Waals surface area contributed by atoms with Gasteiger partial charge in [0.2, 0.25) is 0 Å². The summed E-state index contributed by atoms with van der Waals surface area (Å²) in [7, 11) is 0. The average molecular weight is 263 g/mol. The van der Waals surface area contributed by atoms with Gasteiger partial charge in [0, 0.05) is 12.2 Å². The lowest BCUT2D eigenvalue weighted by atomic mass is 9.95. The topological polar surface area (TPSA) is 41.6 Å². The highest BCUT2D eigenvalue weighted by molar-refractivity contribution is 5.93. The van der Waals surface area contributed by atoms with Crippen molar-refractivity contribution in [1.29, 1.82) is 0 Å². The van der Waals surface area contributed by atoms with Gasteiger partial charge in [0.25, 0.3) is 0 Å². The Morgan fingerprint density at radius 3 is 2.65 bits per heavy atom. The first-order chi connectivity index (χ1) is 9.83.